The predicted octanol–water partition coefficient (Wildman–Crippen LogP) is 4.14. The fraction of sp³-hybridized carbons (Fsp3) is 0.286. The second kappa shape index (κ2) is 6.62. The van der Waals surface area contributed by atoms with Crippen LogP contribution in [0.5, 0.6) is 0 Å². The van der Waals surface area contributed by atoms with E-state index >= 15 is 0 Å². The molecular formula is C21H23N3. The number of nitrogens with zero attached hydrogens (tertiary/aromatic N) is 2. The molecule has 0 aliphatic carbocycles. The van der Waals surface area contributed by atoms with E-state index in [9.17, 15) is 0 Å². The van der Waals surface area contributed by atoms with E-state index in [-0.39, 0.29) is 0 Å². The summed E-state index contributed by atoms with van der Waals surface area (Å²) >= 11 is 0. The molecular weight excluding hydrogens is 294 g/mol. The Hall–Kier alpha value is -2.39. The maximum Gasteiger partial charge on any atom is 0.0649 e. The number of benzene rings is 2. The van der Waals surface area contributed by atoms with Crippen molar-refractivity contribution in [2.24, 2.45) is 0 Å². The quantitative estimate of drug-likeness (QED) is 0.783. The Morgan fingerprint density at radius 2 is 1.88 bits per heavy atom. The Morgan fingerprint density at radius 3 is 2.58 bits per heavy atom. The molecule has 122 valence electrons. The molecule has 1 aliphatic rings. The number of para-hydroxylation sites is 1. The number of hydrogen-bond donors (Lipinski definition) is 1. The molecule has 0 spiro atoms. The van der Waals surface area contributed by atoms with Gasteiger partial charge in [-0.05, 0) is 44.0 Å². The van der Waals surface area contributed by atoms with Gasteiger partial charge in [-0.1, -0.05) is 48.0 Å². The second-order valence-electron chi connectivity index (χ2n) is 6.62. The van der Waals surface area contributed by atoms with Crippen molar-refractivity contribution in [3.63, 3.8) is 0 Å². The summed E-state index contributed by atoms with van der Waals surface area (Å²) in [6.45, 7) is 3.25. The zero-order valence-corrected chi connectivity index (χ0v) is 14.1. The third-order valence-electron chi connectivity index (χ3n) is 4.83. The van der Waals surface area contributed by atoms with Crippen LogP contribution in [0, 0.1) is 6.92 Å². The van der Waals surface area contributed by atoms with Crippen LogP contribution in [-0.4, -0.2) is 22.4 Å². The average Bonchev–Trinajstić information content (AvgIpc) is 3.27. The first-order valence-corrected chi connectivity index (χ1v) is 8.74. The molecule has 1 unspecified atom stereocenters. The third kappa shape index (κ3) is 3.00. The monoisotopic (exact) mass is 317 g/mol. The number of rotatable bonds is 4. The minimum absolute atomic E-state index is 0.549. The molecule has 1 atom stereocenters. The largest absolute Gasteiger partial charge is 0.314 e. The van der Waals surface area contributed by atoms with E-state index in [0.717, 1.165) is 18.7 Å². The minimum Gasteiger partial charge on any atom is -0.314 e. The van der Waals surface area contributed by atoms with Gasteiger partial charge in [0.25, 0.3) is 0 Å². The summed E-state index contributed by atoms with van der Waals surface area (Å²) in [6.07, 6.45) is 5.54. The lowest BCUT2D eigenvalue weighted by molar-refractivity contribution is 0.584. The van der Waals surface area contributed by atoms with Crippen molar-refractivity contribution in [3.8, 4) is 16.8 Å². The molecule has 3 nitrogen and oxygen atoms in total. The van der Waals surface area contributed by atoms with Gasteiger partial charge >= 0.3 is 0 Å². The second-order valence-corrected chi connectivity index (χ2v) is 6.62. The van der Waals surface area contributed by atoms with Crippen LogP contribution in [0.15, 0.2) is 60.8 Å². The molecule has 1 saturated heterocycles. The van der Waals surface area contributed by atoms with Crippen molar-refractivity contribution >= 4 is 0 Å². The van der Waals surface area contributed by atoms with Gasteiger partial charge in [0.15, 0.2) is 0 Å². The maximum absolute atomic E-state index is 4.72. The molecule has 24 heavy (non-hydrogen) atoms. The Labute approximate surface area is 143 Å². The van der Waals surface area contributed by atoms with Gasteiger partial charge in [0.05, 0.1) is 17.6 Å². The summed E-state index contributed by atoms with van der Waals surface area (Å²) in [6, 6.07) is 19.7. The molecule has 0 saturated carbocycles. The lowest BCUT2D eigenvalue weighted by Crippen LogP contribution is -2.25. The predicted molar refractivity (Wildman–Crippen MR) is 98.5 cm³/mol. The summed E-state index contributed by atoms with van der Waals surface area (Å²) in [5.74, 6) is 0. The van der Waals surface area contributed by atoms with E-state index in [1.807, 2.05) is 12.3 Å². The molecule has 1 fully saturated rings. The summed E-state index contributed by atoms with van der Waals surface area (Å²) in [7, 11) is 0. The lowest BCUT2D eigenvalue weighted by Gasteiger charge is -2.15. The SMILES string of the molecule is Cc1ccc(-c2cnn(-c3ccccc3)c2CC2CCCN2)cc1. The van der Waals surface area contributed by atoms with Crippen molar-refractivity contribution in [2.45, 2.75) is 32.2 Å². The third-order valence-corrected chi connectivity index (χ3v) is 4.83. The van der Waals surface area contributed by atoms with Crippen LogP contribution >= 0.6 is 0 Å². The standard InChI is InChI=1S/C21H23N3/c1-16-9-11-17(12-10-16)20-15-23-24(19-7-3-2-4-8-19)21(20)14-18-6-5-13-22-18/h2-4,7-12,15,18,22H,5-6,13-14H2,1H3. The van der Waals surface area contributed by atoms with E-state index in [1.165, 1.54) is 35.2 Å². The van der Waals surface area contributed by atoms with Gasteiger partial charge in [-0.15, -0.1) is 0 Å². The Balaban J connectivity index is 1.78. The van der Waals surface area contributed by atoms with Crippen molar-refractivity contribution < 1.29 is 0 Å². The first-order valence-electron chi connectivity index (χ1n) is 8.74. The molecule has 1 aromatic heterocycles. The van der Waals surface area contributed by atoms with Gasteiger partial charge in [0.2, 0.25) is 0 Å². The topological polar surface area (TPSA) is 29.9 Å². The molecule has 0 radical (unpaired) electrons. The molecule has 1 aliphatic heterocycles. The highest BCUT2D eigenvalue weighted by atomic mass is 15.3. The van der Waals surface area contributed by atoms with E-state index in [1.54, 1.807) is 0 Å². The van der Waals surface area contributed by atoms with Crippen LogP contribution in [-0.2, 0) is 6.42 Å². The van der Waals surface area contributed by atoms with Crippen LogP contribution in [0.2, 0.25) is 0 Å². The van der Waals surface area contributed by atoms with Crippen molar-refractivity contribution in [1.82, 2.24) is 15.1 Å². The first kappa shape index (κ1) is 15.2. The van der Waals surface area contributed by atoms with Gasteiger partial charge in [0.1, 0.15) is 0 Å². The Bertz CT molecular complexity index is 797. The highest BCUT2D eigenvalue weighted by Crippen LogP contribution is 2.28. The highest BCUT2D eigenvalue weighted by molar-refractivity contribution is 5.66. The summed E-state index contributed by atoms with van der Waals surface area (Å²) in [5.41, 5.74) is 6.20. The normalized spacial score (nSPS) is 17.3. The zero-order chi connectivity index (χ0) is 16.4. The van der Waals surface area contributed by atoms with Crippen molar-refractivity contribution in [3.05, 3.63) is 72.1 Å². The van der Waals surface area contributed by atoms with E-state index in [2.05, 4.69) is 65.5 Å². The molecule has 1 N–H and O–H groups in total. The fourth-order valence-corrected chi connectivity index (χ4v) is 3.50. The minimum atomic E-state index is 0.549. The Morgan fingerprint density at radius 1 is 1.08 bits per heavy atom. The molecule has 3 aromatic rings. The Kier molecular flexibility index (Phi) is 4.18. The smallest absolute Gasteiger partial charge is 0.0649 e. The van der Waals surface area contributed by atoms with Crippen molar-refractivity contribution in [2.75, 3.05) is 6.54 Å². The van der Waals surface area contributed by atoms with E-state index in [4.69, 9.17) is 5.10 Å². The highest BCUT2D eigenvalue weighted by Gasteiger charge is 2.21. The molecule has 2 heterocycles. The van der Waals surface area contributed by atoms with Gasteiger partial charge in [0, 0.05) is 18.0 Å². The number of aryl methyl sites for hydroxylation is 1. The van der Waals surface area contributed by atoms with Crippen molar-refractivity contribution in [1.29, 1.82) is 0 Å². The van der Waals surface area contributed by atoms with Gasteiger partial charge in [-0.2, -0.15) is 5.10 Å². The van der Waals surface area contributed by atoms with Crippen LogP contribution < -0.4 is 5.32 Å². The summed E-state index contributed by atoms with van der Waals surface area (Å²) < 4.78 is 2.11. The van der Waals surface area contributed by atoms with E-state index in [0.29, 0.717) is 6.04 Å². The average molecular weight is 317 g/mol. The molecule has 3 heteroatoms. The van der Waals surface area contributed by atoms with Crippen LogP contribution in [0.25, 0.3) is 16.8 Å². The molecule has 0 amide bonds. The van der Waals surface area contributed by atoms with Crippen LogP contribution in [0.4, 0.5) is 0 Å². The van der Waals surface area contributed by atoms with Crippen LogP contribution in [0.1, 0.15) is 24.1 Å². The lowest BCUT2D eigenvalue weighted by atomic mass is 10.00. The molecule has 4 rings (SSSR count). The first-order chi connectivity index (χ1) is 11.8. The number of aromatic nitrogens is 2. The summed E-state index contributed by atoms with van der Waals surface area (Å²) in [4.78, 5) is 0. The number of nitrogens with one attached hydrogen (secondary N) is 1. The molecule has 2 aromatic carbocycles. The molecule has 0 bridgehead atoms. The zero-order valence-electron chi connectivity index (χ0n) is 14.1. The van der Waals surface area contributed by atoms with Gasteiger partial charge < -0.3 is 5.32 Å². The van der Waals surface area contributed by atoms with Gasteiger partial charge in [-0.3, -0.25) is 0 Å². The fourth-order valence-electron chi connectivity index (χ4n) is 3.50. The summed E-state index contributed by atoms with van der Waals surface area (Å²) in [5, 5.41) is 8.34. The van der Waals surface area contributed by atoms with E-state index < -0.39 is 0 Å². The van der Waals surface area contributed by atoms with Gasteiger partial charge in [-0.25, -0.2) is 4.68 Å². The maximum atomic E-state index is 4.72. The van der Waals surface area contributed by atoms with Crippen LogP contribution in [0.3, 0.4) is 0 Å². The number of hydrogen-bond acceptors (Lipinski definition) is 2.